The van der Waals surface area contributed by atoms with Gasteiger partial charge in [-0.2, -0.15) is 5.10 Å². The van der Waals surface area contributed by atoms with Gasteiger partial charge in [-0.25, -0.2) is 4.39 Å². The summed E-state index contributed by atoms with van der Waals surface area (Å²) < 4.78 is 15.0. The number of aromatic nitrogens is 2. The molecule has 3 aromatic rings. The molecule has 0 saturated heterocycles. The van der Waals surface area contributed by atoms with Crippen molar-refractivity contribution in [2.45, 2.75) is 25.7 Å². The summed E-state index contributed by atoms with van der Waals surface area (Å²) in [5.74, 6) is -1.60. The molecule has 9 heteroatoms. The van der Waals surface area contributed by atoms with Crippen molar-refractivity contribution >= 4 is 39.1 Å². The van der Waals surface area contributed by atoms with E-state index in [1.807, 2.05) is 0 Å². The summed E-state index contributed by atoms with van der Waals surface area (Å²) in [6.45, 7) is 3.91. The fourth-order valence-electron chi connectivity index (χ4n) is 3.81. The zero-order valence-electron chi connectivity index (χ0n) is 17.0. The van der Waals surface area contributed by atoms with Gasteiger partial charge >= 0.3 is 0 Å². The van der Waals surface area contributed by atoms with E-state index >= 15 is 0 Å². The molecule has 0 fully saturated rings. The Hall–Kier alpha value is -3.33. The Balaban J connectivity index is 1.75. The number of nitrogens with zero attached hydrogens (tertiary/aromatic N) is 2. The van der Waals surface area contributed by atoms with Crippen LogP contribution in [0.4, 0.5) is 9.39 Å². The van der Waals surface area contributed by atoms with Crippen molar-refractivity contribution < 1.29 is 14.0 Å². The molecule has 0 spiro atoms. The van der Waals surface area contributed by atoms with Crippen molar-refractivity contribution in [2.24, 2.45) is 7.05 Å². The molecule has 7 nitrogen and oxygen atoms in total. The number of anilines is 1. The number of rotatable bonds is 5. The van der Waals surface area contributed by atoms with Crippen LogP contribution in [-0.4, -0.2) is 28.1 Å². The Morgan fingerprint density at radius 2 is 2.06 bits per heavy atom. The molecule has 1 aliphatic carbocycles. The van der Waals surface area contributed by atoms with E-state index in [0.717, 1.165) is 42.2 Å². The van der Waals surface area contributed by atoms with Crippen LogP contribution in [-0.2, 0) is 19.9 Å². The van der Waals surface area contributed by atoms with E-state index in [-0.39, 0.29) is 17.0 Å². The van der Waals surface area contributed by atoms with Gasteiger partial charge in [0.15, 0.2) is 5.69 Å². The van der Waals surface area contributed by atoms with Crippen molar-refractivity contribution in [3.8, 4) is 0 Å². The topological polar surface area (TPSA) is 93.1 Å². The third-order valence-electron chi connectivity index (χ3n) is 5.26. The Labute approximate surface area is 181 Å². The molecule has 160 valence electrons. The summed E-state index contributed by atoms with van der Waals surface area (Å²) in [4.78, 5) is 39.7. The van der Waals surface area contributed by atoms with Gasteiger partial charge in [-0.05, 0) is 49.4 Å². The van der Waals surface area contributed by atoms with Gasteiger partial charge in [-0.1, -0.05) is 6.08 Å². The van der Waals surface area contributed by atoms with Gasteiger partial charge < -0.3 is 10.6 Å². The average molecular weight is 441 g/mol. The molecule has 0 radical (unpaired) electrons. The van der Waals surface area contributed by atoms with Gasteiger partial charge in [0, 0.05) is 18.5 Å². The molecule has 1 aliphatic rings. The molecular weight excluding hydrogens is 419 g/mol. The second kappa shape index (κ2) is 8.43. The molecule has 2 heterocycles. The summed E-state index contributed by atoms with van der Waals surface area (Å²) in [6, 6.07) is 3.76. The first-order chi connectivity index (χ1) is 14.9. The monoisotopic (exact) mass is 440 g/mol. The highest BCUT2D eigenvalue weighted by Gasteiger charge is 2.27. The Bertz CT molecular complexity index is 1280. The molecular formula is C22H21FN4O3S. The van der Waals surface area contributed by atoms with E-state index < -0.39 is 17.2 Å². The molecule has 0 aliphatic heterocycles. The molecule has 2 aromatic heterocycles. The number of nitrogens with one attached hydrogen (secondary N) is 2. The lowest BCUT2D eigenvalue weighted by atomic mass is 9.95. The predicted molar refractivity (Wildman–Crippen MR) is 118 cm³/mol. The molecule has 4 rings (SSSR count). The number of thiophene rings is 1. The molecule has 0 bridgehead atoms. The predicted octanol–water partition coefficient (Wildman–Crippen LogP) is 3.18. The first kappa shape index (κ1) is 20.9. The van der Waals surface area contributed by atoms with E-state index in [1.165, 1.54) is 28.2 Å². The minimum Gasteiger partial charge on any atom is -0.348 e. The largest absolute Gasteiger partial charge is 0.348 e. The third-order valence-corrected chi connectivity index (χ3v) is 6.47. The molecule has 31 heavy (non-hydrogen) atoms. The molecule has 2 amide bonds. The lowest BCUT2D eigenvalue weighted by molar-refractivity contribution is 0.0958. The number of hydrogen-bond donors (Lipinski definition) is 2. The number of carbonyl (C=O) groups excluding carboxylic acids is 2. The second-order valence-electron chi connectivity index (χ2n) is 7.33. The van der Waals surface area contributed by atoms with Gasteiger partial charge in [0.25, 0.3) is 11.8 Å². The van der Waals surface area contributed by atoms with E-state index in [0.29, 0.717) is 22.6 Å². The van der Waals surface area contributed by atoms with Crippen molar-refractivity contribution in [1.82, 2.24) is 15.1 Å². The number of amides is 2. The molecule has 0 unspecified atom stereocenters. The Morgan fingerprint density at radius 3 is 2.84 bits per heavy atom. The van der Waals surface area contributed by atoms with Crippen LogP contribution in [0, 0.1) is 5.82 Å². The van der Waals surface area contributed by atoms with Gasteiger partial charge in [0.2, 0.25) is 5.43 Å². The van der Waals surface area contributed by atoms with Crippen LogP contribution in [0.5, 0.6) is 0 Å². The highest BCUT2D eigenvalue weighted by atomic mass is 32.1. The van der Waals surface area contributed by atoms with Crippen LogP contribution in [0.25, 0.3) is 10.9 Å². The first-order valence-corrected chi connectivity index (χ1v) is 10.7. The lowest BCUT2D eigenvalue weighted by Gasteiger charge is -2.13. The SMILES string of the molecule is C=CCNC(=O)c1c(NC(=O)c2nn(C)c3ccc(F)cc3c2=O)sc2c1CCCC2. The Kier molecular flexibility index (Phi) is 5.69. The van der Waals surface area contributed by atoms with Crippen LogP contribution in [0.3, 0.4) is 0 Å². The van der Waals surface area contributed by atoms with Crippen LogP contribution >= 0.6 is 11.3 Å². The summed E-state index contributed by atoms with van der Waals surface area (Å²) in [7, 11) is 1.58. The zero-order valence-corrected chi connectivity index (χ0v) is 17.8. The lowest BCUT2D eigenvalue weighted by Crippen LogP contribution is -2.28. The minimum absolute atomic E-state index is 0.0667. The highest BCUT2D eigenvalue weighted by Crippen LogP contribution is 2.38. The number of aryl methyl sites for hydroxylation is 2. The van der Waals surface area contributed by atoms with Crippen molar-refractivity contribution in [3.05, 3.63) is 68.6 Å². The zero-order chi connectivity index (χ0) is 22.1. The number of fused-ring (bicyclic) bond motifs is 2. The van der Waals surface area contributed by atoms with E-state index in [4.69, 9.17) is 0 Å². The average Bonchev–Trinajstić information content (AvgIpc) is 3.12. The van der Waals surface area contributed by atoms with Crippen molar-refractivity contribution in [2.75, 3.05) is 11.9 Å². The number of benzene rings is 1. The Morgan fingerprint density at radius 1 is 1.29 bits per heavy atom. The van der Waals surface area contributed by atoms with Crippen LogP contribution in [0.15, 0.2) is 35.6 Å². The molecule has 2 N–H and O–H groups in total. The van der Waals surface area contributed by atoms with Gasteiger partial charge in [0.05, 0.1) is 16.5 Å². The number of carbonyl (C=O) groups is 2. The maximum Gasteiger partial charge on any atom is 0.280 e. The fraction of sp³-hybridized carbons (Fsp3) is 0.273. The normalized spacial score (nSPS) is 13.0. The second-order valence-corrected chi connectivity index (χ2v) is 8.44. The fourth-order valence-corrected chi connectivity index (χ4v) is 5.09. The molecule has 0 atom stereocenters. The maximum absolute atomic E-state index is 13.7. The van der Waals surface area contributed by atoms with E-state index in [1.54, 1.807) is 13.1 Å². The summed E-state index contributed by atoms with van der Waals surface area (Å²) in [5.41, 5.74) is 0.764. The molecule has 0 saturated carbocycles. The van der Waals surface area contributed by atoms with E-state index in [2.05, 4.69) is 22.3 Å². The maximum atomic E-state index is 13.7. The minimum atomic E-state index is -0.733. The number of halogens is 1. The van der Waals surface area contributed by atoms with E-state index in [9.17, 15) is 18.8 Å². The van der Waals surface area contributed by atoms with Gasteiger partial charge in [-0.15, -0.1) is 17.9 Å². The van der Waals surface area contributed by atoms with Crippen LogP contribution < -0.4 is 16.1 Å². The third kappa shape index (κ3) is 3.88. The summed E-state index contributed by atoms with van der Waals surface area (Å²) in [6.07, 6.45) is 5.17. The smallest absolute Gasteiger partial charge is 0.280 e. The van der Waals surface area contributed by atoms with Crippen molar-refractivity contribution in [1.29, 1.82) is 0 Å². The van der Waals surface area contributed by atoms with Crippen LogP contribution in [0.1, 0.15) is 44.1 Å². The quantitative estimate of drug-likeness (QED) is 0.596. The summed E-state index contributed by atoms with van der Waals surface area (Å²) >= 11 is 1.35. The van der Waals surface area contributed by atoms with Crippen LogP contribution in [0.2, 0.25) is 0 Å². The highest BCUT2D eigenvalue weighted by molar-refractivity contribution is 7.17. The number of hydrogen-bond acceptors (Lipinski definition) is 5. The van der Waals surface area contributed by atoms with Gasteiger partial charge in [0.1, 0.15) is 10.8 Å². The summed E-state index contributed by atoms with van der Waals surface area (Å²) in [5, 5.41) is 10.0. The van der Waals surface area contributed by atoms with Crippen molar-refractivity contribution in [3.63, 3.8) is 0 Å². The first-order valence-electron chi connectivity index (χ1n) is 9.92. The van der Waals surface area contributed by atoms with Gasteiger partial charge in [-0.3, -0.25) is 19.1 Å². The standard InChI is InChI=1S/C22H21FN4O3S/c1-3-10-24-20(29)17-13-6-4-5-7-16(13)31-22(17)25-21(30)18-19(28)14-11-12(23)8-9-15(14)27(2)26-18/h3,8-9,11H,1,4-7,10H2,2H3,(H,24,29)(H,25,30). The molecule has 1 aromatic carbocycles.